The van der Waals surface area contributed by atoms with Gasteiger partial charge in [-0.1, -0.05) is 194 Å². The molecule has 0 unspecified atom stereocenters. The van der Waals surface area contributed by atoms with Crippen molar-refractivity contribution in [3.63, 3.8) is 0 Å². The van der Waals surface area contributed by atoms with Gasteiger partial charge in [0.1, 0.15) is 16.6 Å². The van der Waals surface area contributed by atoms with E-state index in [-0.39, 0.29) is 36.5 Å². The lowest BCUT2D eigenvalue weighted by atomic mass is 9.99. The van der Waals surface area contributed by atoms with Crippen molar-refractivity contribution < 1.29 is 43.0 Å². The Kier molecular flexibility index (Phi) is 33.7. The molecule has 1 rings (SSSR count). The summed E-state index contributed by atoms with van der Waals surface area (Å²) in [6.07, 6.45) is 34.3. The minimum Gasteiger partial charge on any atom is -0.464 e. The number of carbonyl (C=O) groups is 6. The molecular formula is C57H99N3O9. The molecule has 3 amide bonds. The smallest absolute Gasteiger partial charge is 0.331 e. The van der Waals surface area contributed by atoms with Crippen LogP contribution in [0.2, 0.25) is 0 Å². The molecule has 0 saturated carbocycles. The van der Waals surface area contributed by atoms with E-state index >= 15 is 0 Å². The molecule has 0 aliphatic rings. The SMILES string of the molecule is CCCCCCCCCCCCOC(=O)C(C)(C)NC(=O)c1cc(C(=O)NC(C)(C)C(=O)OCCCCCCCCCCCC)cc(C(=O)NC(C)(C)C(=O)OCCCCCCCCCCCC)c1. The molecular weight excluding hydrogens is 871 g/mol. The van der Waals surface area contributed by atoms with E-state index in [9.17, 15) is 28.8 Å². The number of unbranched alkanes of at least 4 members (excludes halogenated alkanes) is 27. The topological polar surface area (TPSA) is 166 Å². The highest BCUT2D eigenvalue weighted by molar-refractivity contribution is 6.07. The zero-order chi connectivity index (χ0) is 51.4. The van der Waals surface area contributed by atoms with Crippen molar-refractivity contribution in [1.29, 1.82) is 0 Å². The van der Waals surface area contributed by atoms with E-state index in [4.69, 9.17) is 14.2 Å². The molecule has 396 valence electrons. The fourth-order valence-corrected chi connectivity index (χ4v) is 8.05. The van der Waals surface area contributed by atoms with Crippen molar-refractivity contribution in [2.75, 3.05) is 19.8 Å². The second-order valence-electron chi connectivity index (χ2n) is 21.0. The molecule has 0 radical (unpaired) electrons. The van der Waals surface area contributed by atoms with Gasteiger partial charge in [-0.15, -0.1) is 0 Å². The average Bonchev–Trinajstić information content (AvgIpc) is 3.30. The molecule has 12 nitrogen and oxygen atoms in total. The monoisotopic (exact) mass is 970 g/mol. The summed E-state index contributed by atoms with van der Waals surface area (Å²) < 4.78 is 16.7. The number of amides is 3. The molecule has 69 heavy (non-hydrogen) atoms. The van der Waals surface area contributed by atoms with E-state index in [0.29, 0.717) is 19.3 Å². The minimum atomic E-state index is -1.45. The summed E-state index contributed by atoms with van der Waals surface area (Å²) in [5.41, 5.74) is -4.62. The van der Waals surface area contributed by atoms with Crippen molar-refractivity contribution in [3.05, 3.63) is 34.9 Å². The summed E-state index contributed by atoms with van der Waals surface area (Å²) in [7, 11) is 0. The van der Waals surface area contributed by atoms with Crippen LogP contribution in [0.15, 0.2) is 18.2 Å². The second-order valence-corrected chi connectivity index (χ2v) is 21.0. The summed E-state index contributed by atoms with van der Waals surface area (Å²) in [5, 5.41) is 8.13. The first-order valence-electron chi connectivity index (χ1n) is 27.6. The number of benzene rings is 1. The predicted octanol–water partition coefficient (Wildman–Crippen LogP) is 13.6. The Bertz CT molecular complexity index is 1420. The average molecular weight is 970 g/mol. The third kappa shape index (κ3) is 29.1. The predicted molar refractivity (Wildman–Crippen MR) is 279 cm³/mol. The van der Waals surface area contributed by atoms with Gasteiger partial charge in [0.15, 0.2) is 0 Å². The van der Waals surface area contributed by atoms with Crippen molar-refractivity contribution in [3.8, 4) is 0 Å². The fourth-order valence-electron chi connectivity index (χ4n) is 8.05. The van der Waals surface area contributed by atoms with Crippen LogP contribution < -0.4 is 16.0 Å². The molecule has 0 bridgehead atoms. The van der Waals surface area contributed by atoms with E-state index < -0.39 is 52.2 Å². The third-order valence-corrected chi connectivity index (χ3v) is 12.7. The molecule has 0 saturated heterocycles. The maximum atomic E-state index is 13.9. The quantitative estimate of drug-likeness (QED) is 0.0328. The molecule has 1 aromatic rings. The van der Waals surface area contributed by atoms with Crippen LogP contribution >= 0.6 is 0 Å². The van der Waals surface area contributed by atoms with Crippen LogP contribution in [-0.4, -0.2) is 72.1 Å². The van der Waals surface area contributed by atoms with E-state index in [2.05, 4.69) is 36.7 Å². The number of hydrogen-bond donors (Lipinski definition) is 3. The van der Waals surface area contributed by atoms with Gasteiger partial charge in [0, 0.05) is 16.7 Å². The van der Waals surface area contributed by atoms with Gasteiger partial charge in [-0.2, -0.15) is 0 Å². The first kappa shape index (κ1) is 63.1. The molecule has 3 N–H and O–H groups in total. The highest BCUT2D eigenvalue weighted by Gasteiger charge is 2.35. The number of carbonyl (C=O) groups excluding carboxylic acids is 6. The van der Waals surface area contributed by atoms with Gasteiger partial charge in [-0.3, -0.25) is 14.4 Å². The Labute approximate surface area is 419 Å². The lowest BCUT2D eigenvalue weighted by Gasteiger charge is -2.26. The van der Waals surface area contributed by atoms with Crippen LogP contribution in [0.5, 0.6) is 0 Å². The summed E-state index contributed by atoms with van der Waals surface area (Å²) >= 11 is 0. The Balaban J connectivity index is 3.02. The Morgan fingerprint density at radius 3 is 0.681 bits per heavy atom. The van der Waals surface area contributed by atoms with Crippen LogP contribution in [0.1, 0.15) is 286 Å². The van der Waals surface area contributed by atoms with Crippen molar-refractivity contribution in [1.82, 2.24) is 16.0 Å². The first-order chi connectivity index (χ1) is 32.9. The first-order valence-corrected chi connectivity index (χ1v) is 27.6. The summed E-state index contributed by atoms with van der Waals surface area (Å²) in [5.74, 6) is -4.04. The zero-order valence-corrected chi connectivity index (χ0v) is 45.2. The van der Waals surface area contributed by atoms with Gasteiger partial charge in [-0.05, 0) is 79.0 Å². The van der Waals surface area contributed by atoms with Crippen molar-refractivity contribution >= 4 is 35.6 Å². The molecule has 0 fully saturated rings. The van der Waals surface area contributed by atoms with Gasteiger partial charge in [0.25, 0.3) is 17.7 Å². The summed E-state index contributed by atoms with van der Waals surface area (Å²) in [4.78, 5) is 81.3. The summed E-state index contributed by atoms with van der Waals surface area (Å²) in [6, 6.07) is 3.89. The maximum Gasteiger partial charge on any atom is 0.331 e. The lowest BCUT2D eigenvalue weighted by molar-refractivity contribution is -0.150. The van der Waals surface area contributed by atoms with E-state index in [0.717, 1.165) is 57.8 Å². The molecule has 1 aromatic carbocycles. The maximum absolute atomic E-state index is 13.9. The fraction of sp³-hybridized carbons (Fsp3) is 0.789. The van der Waals surface area contributed by atoms with Gasteiger partial charge in [0.05, 0.1) is 19.8 Å². The number of nitrogens with one attached hydrogen (secondary N) is 3. The zero-order valence-electron chi connectivity index (χ0n) is 45.2. The van der Waals surface area contributed by atoms with Gasteiger partial charge < -0.3 is 30.2 Å². The normalized spacial score (nSPS) is 11.8. The second kappa shape index (κ2) is 36.9. The van der Waals surface area contributed by atoms with Crippen LogP contribution in [0.4, 0.5) is 0 Å². The molecule has 12 heteroatoms. The van der Waals surface area contributed by atoms with Gasteiger partial charge in [0.2, 0.25) is 0 Å². The Hall–Kier alpha value is -3.96. The van der Waals surface area contributed by atoms with Crippen LogP contribution in [0.25, 0.3) is 0 Å². The lowest BCUT2D eigenvalue weighted by Crippen LogP contribution is -2.52. The molecule has 0 aromatic heterocycles. The number of esters is 3. The summed E-state index contributed by atoms with van der Waals surface area (Å²) in [6.45, 7) is 16.5. The van der Waals surface area contributed by atoms with Gasteiger partial charge >= 0.3 is 17.9 Å². The van der Waals surface area contributed by atoms with Crippen molar-refractivity contribution in [2.24, 2.45) is 0 Å². The molecule has 0 aliphatic carbocycles. The Morgan fingerprint density at radius 1 is 0.319 bits per heavy atom. The number of hydrogen-bond acceptors (Lipinski definition) is 9. The van der Waals surface area contributed by atoms with Gasteiger partial charge in [-0.25, -0.2) is 14.4 Å². The highest BCUT2D eigenvalue weighted by atomic mass is 16.5. The molecule has 0 heterocycles. The molecule has 0 atom stereocenters. The highest BCUT2D eigenvalue weighted by Crippen LogP contribution is 2.19. The van der Waals surface area contributed by atoms with Crippen molar-refractivity contribution in [2.45, 2.75) is 272 Å². The van der Waals surface area contributed by atoms with E-state index in [1.807, 2.05) is 0 Å². The standard InChI is InChI=1S/C57H99N3O9/c1-10-13-16-19-22-25-28-31-34-37-40-67-52(64)55(4,5)58-49(61)46-43-47(50(62)59-56(6,7)53(65)68-41-38-35-32-29-26-23-20-17-14-11-2)45-48(44-46)51(63)60-57(8,9)54(66)69-42-39-36-33-30-27-24-21-18-15-12-3/h43-45H,10-42H2,1-9H3,(H,58,61)(H,59,62)(H,60,63). The van der Waals surface area contributed by atoms with Crippen LogP contribution in [0, 0.1) is 0 Å². The Morgan fingerprint density at radius 2 is 0.493 bits per heavy atom. The number of ether oxygens (including phenoxy) is 3. The largest absolute Gasteiger partial charge is 0.464 e. The minimum absolute atomic E-state index is 0.0916. The third-order valence-electron chi connectivity index (χ3n) is 12.7. The number of rotatable bonds is 42. The molecule has 0 spiro atoms. The van der Waals surface area contributed by atoms with E-state index in [1.165, 1.54) is 175 Å². The molecule has 0 aliphatic heterocycles. The van der Waals surface area contributed by atoms with Crippen LogP contribution in [-0.2, 0) is 28.6 Å². The van der Waals surface area contributed by atoms with E-state index in [1.54, 1.807) is 0 Å². The van der Waals surface area contributed by atoms with Crippen LogP contribution in [0.3, 0.4) is 0 Å².